The average molecular weight is 289 g/mol. The molecule has 5 heteroatoms. The lowest BCUT2D eigenvalue weighted by molar-refractivity contribution is 0.574. The predicted octanol–water partition coefficient (Wildman–Crippen LogP) is 3.53. The molecule has 2 aromatic rings. The van der Waals surface area contributed by atoms with Gasteiger partial charge in [0.15, 0.2) is 0 Å². The monoisotopic (exact) mass is 288 g/mol. The zero-order valence-electron chi connectivity index (χ0n) is 11.7. The number of nitrogens with one attached hydrogen (secondary N) is 1. The number of halogens is 1. The van der Waals surface area contributed by atoms with Gasteiger partial charge >= 0.3 is 0 Å². The molecule has 0 saturated heterocycles. The summed E-state index contributed by atoms with van der Waals surface area (Å²) in [7, 11) is 0. The van der Waals surface area contributed by atoms with Crippen molar-refractivity contribution in [2.75, 3.05) is 11.9 Å². The van der Waals surface area contributed by atoms with Gasteiger partial charge in [-0.1, -0.05) is 11.6 Å². The zero-order chi connectivity index (χ0) is 14.5. The van der Waals surface area contributed by atoms with Gasteiger partial charge in [-0.2, -0.15) is 10.4 Å². The van der Waals surface area contributed by atoms with Crippen LogP contribution in [0.3, 0.4) is 0 Å². The minimum absolute atomic E-state index is 0.482. The Morgan fingerprint density at radius 1 is 1.35 bits per heavy atom. The molecule has 20 heavy (non-hydrogen) atoms. The van der Waals surface area contributed by atoms with Gasteiger partial charge in [-0.05, 0) is 44.5 Å². The molecule has 104 valence electrons. The van der Waals surface area contributed by atoms with Gasteiger partial charge in [0.05, 0.1) is 16.3 Å². The van der Waals surface area contributed by atoms with Crippen LogP contribution in [0.1, 0.15) is 23.4 Å². The van der Waals surface area contributed by atoms with Gasteiger partial charge < -0.3 is 5.32 Å². The van der Waals surface area contributed by atoms with Crippen molar-refractivity contribution in [3.05, 3.63) is 46.2 Å². The topological polar surface area (TPSA) is 53.6 Å². The van der Waals surface area contributed by atoms with E-state index in [2.05, 4.69) is 23.4 Å². The standard InChI is InChI=1S/C15H17ClN4/c1-11-8-12(2)20(19-11)7-3-6-18-14-5-4-13(10-17)15(16)9-14/h4-5,8-9,18H,3,6-7H2,1-2H3. The largest absolute Gasteiger partial charge is 0.385 e. The minimum Gasteiger partial charge on any atom is -0.385 e. The summed E-state index contributed by atoms with van der Waals surface area (Å²) in [4.78, 5) is 0. The zero-order valence-corrected chi connectivity index (χ0v) is 12.4. The molecule has 0 bridgehead atoms. The van der Waals surface area contributed by atoms with Crippen LogP contribution >= 0.6 is 11.6 Å². The number of aryl methyl sites for hydroxylation is 3. The van der Waals surface area contributed by atoms with Crippen LogP contribution in [-0.2, 0) is 6.54 Å². The number of rotatable bonds is 5. The number of aromatic nitrogens is 2. The number of benzene rings is 1. The number of nitrogens with zero attached hydrogens (tertiary/aromatic N) is 3. The van der Waals surface area contributed by atoms with Crippen molar-refractivity contribution in [3.63, 3.8) is 0 Å². The van der Waals surface area contributed by atoms with Crippen LogP contribution < -0.4 is 5.32 Å². The minimum atomic E-state index is 0.482. The molecule has 1 aromatic carbocycles. The van der Waals surface area contributed by atoms with E-state index in [0.29, 0.717) is 10.6 Å². The van der Waals surface area contributed by atoms with Crippen LogP contribution in [0.5, 0.6) is 0 Å². The number of anilines is 1. The Kier molecular flexibility index (Phi) is 4.65. The summed E-state index contributed by atoms with van der Waals surface area (Å²) in [5.41, 5.74) is 3.67. The molecule has 1 N–H and O–H groups in total. The summed E-state index contributed by atoms with van der Waals surface area (Å²) < 4.78 is 2.02. The maximum Gasteiger partial charge on any atom is 0.101 e. The number of hydrogen-bond donors (Lipinski definition) is 1. The lowest BCUT2D eigenvalue weighted by Gasteiger charge is -2.08. The fraction of sp³-hybridized carbons (Fsp3) is 0.333. The van der Waals surface area contributed by atoms with Crippen molar-refractivity contribution in [1.29, 1.82) is 5.26 Å². The van der Waals surface area contributed by atoms with Crippen molar-refractivity contribution < 1.29 is 0 Å². The summed E-state index contributed by atoms with van der Waals surface area (Å²) in [5, 5.41) is 17.0. The average Bonchev–Trinajstić information content (AvgIpc) is 2.73. The first kappa shape index (κ1) is 14.4. The molecule has 1 aromatic heterocycles. The first-order chi connectivity index (χ1) is 9.60. The van der Waals surface area contributed by atoms with E-state index in [9.17, 15) is 0 Å². The molecule has 0 aliphatic rings. The predicted molar refractivity (Wildman–Crippen MR) is 81.0 cm³/mol. The van der Waals surface area contributed by atoms with Crippen LogP contribution in [0.4, 0.5) is 5.69 Å². The molecule has 0 saturated carbocycles. The van der Waals surface area contributed by atoms with E-state index in [1.807, 2.05) is 23.7 Å². The molecular formula is C15H17ClN4. The van der Waals surface area contributed by atoms with E-state index in [-0.39, 0.29) is 0 Å². The van der Waals surface area contributed by atoms with Crippen molar-refractivity contribution in [2.24, 2.45) is 0 Å². The van der Waals surface area contributed by atoms with Gasteiger partial charge in [-0.15, -0.1) is 0 Å². The van der Waals surface area contributed by atoms with Crippen molar-refractivity contribution in [1.82, 2.24) is 9.78 Å². The van der Waals surface area contributed by atoms with Crippen LogP contribution in [0.2, 0.25) is 5.02 Å². The summed E-state index contributed by atoms with van der Waals surface area (Å²) >= 11 is 5.99. The SMILES string of the molecule is Cc1cc(C)n(CCCNc2ccc(C#N)c(Cl)c2)n1. The van der Waals surface area contributed by atoms with E-state index >= 15 is 0 Å². The van der Waals surface area contributed by atoms with E-state index in [1.54, 1.807) is 12.1 Å². The van der Waals surface area contributed by atoms with Gasteiger partial charge in [0, 0.05) is 24.5 Å². The fourth-order valence-corrected chi connectivity index (χ4v) is 2.30. The van der Waals surface area contributed by atoms with Gasteiger partial charge in [0.25, 0.3) is 0 Å². The molecule has 0 fully saturated rings. The van der Waals surface area contributed by atoms with Crippen LogP contribution in [-0.4, -0.2) is 16.3 Å². The summed E-state index contributed by atoms with van der Waals surface area (Å²) in [5.74, 6) is 0. The maximum atomic E-state index is 8.81. The Hall–Kier alpha value is -1.99. The van der Waals surface area contributed by atoms with Crippen molar-refractivity contribution in [3.8, 4) is 6.07 Å². The number of hydrogen-bond acceptors (Lipinski definition) is 3. The van der Waals surface area contributed by atoms with Gasteiger partial charge in [0.1, 0.15) is 6.07 Å². The molecule has 0 spiro atoms. The highest BCUT2D eigenvalue weighted by Crippen LogP contribution is 2.20. The molecule has 0 aliphatic heterocycles. The first-order valence-electron chi connectivity index (χ1n) is 6.54. The smallest absolute Gasteiger partial charge is 0.101 e. The van der Waals surface area contributed by atoms with Crippen LogP contribution in [0.25, 0.3) is 0 Å². The summed E-state index contributed by atoms with van der Waals surface area (Å²) in [6.07, 6.45) is 0.972. The third kappa shape index (κ3) is 3.52. The Balaban J connectivity index is 1.83. The molecule has 0 radical (unpaired) electrons. The lowest BCUT2D eigenvalue weighted by atomic mass is 10.2. The van der Waals surface area contributed by atoms with Gasteiger partial charge in [-0.25, -0.2) is 0 Å². The maximum absolute atomic E-state index is 8.81. The van der Waals surface area contributed by atoms with Crippen LogP contribution in [0.15, 0.2) is 24.3 Å². The fourth-order valence-electron chi connectivity index (χ4n) is 2.08. The molecule has 4 nitrogen and oxygen atoms in total. The summed E-state index contributed by atoms with van der Waals surface area (Å²) in [6.45, 7) is 5.78. The summed E-state index contributed by atoms with van der Waals surface area (Å²) in [6, 6.07) is 9.50. The highest BCUT2D eigenvalue weighted by Gasteiger charge is 2.02. The Morgan fingerprint density at radius 2 is 2.15 bits per heavy atom. The second-order valence-electron chi connectivity index (χ2n) is 4.74. The quantitative estimate of drug-likeness (QED) is 0.856. The molecule has 1 heterocycles. The molecule has 0 amide bonds. The normalized spacial score (nSPS) is 10.3. The Bertz CT molecular complexity index is 640. The third-order valence-electron chi connectivity index (χ3n) is 3.07. The number of nitriles is 1. The Labute approximate surface area is 124 Å². The van der Waals surface area contributed by atoms with Crippen molar-refractivity contribution in [2.45, 2.75) is 26.8 Å². The molecule has 0 atom stereocenters. The van der Waals surface area contributed by atoms with Crippen molar-refractivity contribution >= 4 is 17.3 Å². The second-order valence-corrected chi connectivity index (χ2v) is 5.14. The van der Waals surface area contributed by atoms with E-state index in [1.165, 1.54) is 5.69 Å². The molecule has 0 unspecified atom stereocenters. The molecule has 2 rings (SSSR count). The van der Waals surface area contributed by atoms with Gasteiger partial charge in [0.2, 0.25) is 0 Å². The van der Waals surface area contributed by atoms with Crippen LogP contribution in [0, 0.1) is 25.2 Å². The highest BCUT2D eigenvalue weighted by molar-refractivity contribution is 6.32. The van der Waals surface area contributed by atoms with E-state index in [4.69, 9.17) is 16.9 Å². The van der Waals surface area contributed by atoms with E-state index in [0.717, 1.165) is 30.9 Å². The highest BCUT2D eigenvalue weighted by atomic mass is 35.5. The molecular weight excluding hydrogens is 272 g/mol. The lowest BCUT2D eigenvalue weighted by Crippen LogP contribution is -2.09. The van der Waals surface area contributed by atoms with Gasteiger partial charge in [-0.3, -0.25) is 4.68 Å². The second kappa shape index (κ2) is 6.44. The first-order valence-corrected chi connectivity index (χ1v) is 6.92. The third-order valence-corrected chi connectivity index (χ3v) is 3.38. The Morgan fingerprint density at radius 3 is 2.75 bits per heavy atom. The van der Waals surface area contributed by atoms with E-state index < -0.39 is 0 Å². The molecule has 0 aliphatic carbocycles.